The number of nitrogens with zero attached hydrogens (tertiary/aromatic N) is 1. The molecule has 2 rings (SSSR count). The Balaban J connectivity index is 1.71. The van der Waals surface area contributed by atoms with E-state index in [-0.39, 0.29) is 0 Å². The van der Waals surface area contributed by atoms with Crippen molar-refractivity contribution >= 4 is 0 Å². The zero-order valence-corrected chi connectivity index (χ0v) is 8.95. The lowest BCUT2D eigenvalue weighted by atomic mass is 10.1. The van der Waals surface area contributed by atoms with Crippen molar-refractivity contribution in [1.29, 1.82) is 0 Å². The predicted octanol–water partition coefficient (Wildman–Crippen LogP) is 0.836. The minimum absolute atomic E-state index is 0.786. The van der Waals surface area contributed by atoms with Gasteiger partial charge in [0.2, 0.25) is 0 Å². The van der Waals surface area contributed by atoms with E-state index in [1.54, 1.807) is 0 Å². The number of ether oxygens (including phenoxy) is 1. The van der Waals surface area contributed by atoms with Crippen molar-refractivity contribution in [2.75, 3.05) is 32.8 Å². The first-order valence-electron chi connectivity index (χ1n) is 5.92. The van der Waals surface area contributed by atoms with Crippen LogP contribution in [0.3, 0.4) is 0 Å². The lowest BCUT2D eigenvalue weighted by molar-refractivity contribution is 0.164. The van der Waals surface area contributed by atoms with Crippen molar-refractivity contribution in [3.63, 3.8) is 0 Å². The van der Waals surface area contributed by atoms with Gasteiger partial charge < -0.3 is 10.5 Å². The topological polar surface area (TPSA) is 38.5 Å². The van der Waals surface area contributed by atoms with Gasteiger partial charge in [-0.3, -0.25) is 4.90 Å². The second-order valence-corrected chi connectivity index (χ2v) is 4.60. The van der Waals surface area contributed by atoms with Gasteiger partial charge in [-0.05, 0) is 44.7 Å². The zero-order valence-electron chi connectivity index (χ0n) is 8.95. The molecule has 1 atom stereocenters. The first-order chi connectivity index (χ1) is 6.90. The largest absolute Gasteiger partial charge is 0.381 e. The Bertz CT molecular complexity index is 165. The van der Waals surface area contributed by atoms with Crippen LogP contribution in [0.25, 0.3) is 0 Å². The molecule has 3 heteroatoms. The highest BCUT2D eigenvalue weighted by atomic mass is 16.5. The van der Waals surface area contributed by atoms with Gasteiger partial charge in [-0.15, -0.1) is 0 Å². The van der Waals surface area contributed by atoms with E-state index in [2.05, 4.69) is 4.90 Å². The molecule has 1 saturated carbocycles. The molecule has 14 heavy (non-hydrogen) atoms. The highest BCUT2D eigenvalue weighted by Crippen LogP contribution is 2.28. The Kier molecular flexibility index (Phi) is 3.79. The predicted molar refractivity (Wildman–Crippen MR) is 57.2 cm³/mol. The summed E-state index contributed by atoms with van der Waals surface area (Å²) in [6.07, 6.45) is 5.20. The van der Waals surface area contributed by atoms with Crippen LogP contribution in [-0.4, -0.2) is 43.8 Å². The van der Waals surface area contributed by atoms with Crippen LogP contribution in [0.15, 0.2) is 0 Å². The van der Waals surface area contributed by atoms with Crippen LogP contribution in [0, 0.1) is 5.92 Å². The monoisotopic (exact) mass is 198 g/mol. The summed E-state index contributed by atoms with van der Waals surface area (Å²) in [4.78, 5) is 2.63. The lowest BCUT2D eigenvalue weighted by Gasteiger charge is -2.24. The Morgan fingerprint density at radius 2 is 2.14 bits per heavy atom. The SMILES string of the molecule is NCCCN(CC1CCOC1)C1CC1. The van der Waals surface area contributed by atoms with Crippen LogP contribution in [0.2, 0.25) is 0 Å². The molecular formula is C11H22N2O. The minimum Gasteiger partial charge on any atom is -0.381 e. The Morgan fingerprint density at radius 1 is 1.29 bits per heavy atom. The molecular weight excluding hydrogens is 176 g/mol. The summed E-state index contributed by atoms with van der Waals surface area (Å²) < 4.78 is 5.41. The van der Waals surface area contributed by atoms with E-state index in [9.17, 15) is 0 Å². The molecule has 0 amide bonds. The summed E-state index contributed by atoms with van der Waals surface area (Å²) >= 11 is 0. The molecule has 0 radical (unpaired) electrons. The third kappa shape index (κ3) is 2.94. The van der Waals surface area contributed by atoms with E-state index >= 15 is 0 Å². The van der Waals surface area contributed by atoms with E-state index in [1.165, 1.54) is 32.4 Å². The second-order valence-electron chi connectivity index (χ2n) is 4.60. The lowest BCUT2D eigenvalue weighted by Crippen LogP contribution is -2.33. The molecule has 2 N–H and O–H groups in total. The van der Waals surface area contributed by atoms with Crippen LogP contribution < -0.4 is 5.73 Å². The number of hydrogen-bond donors (Lipinski definition) is 1. The summed E-state index contributed by atoms with van der Waals surface area (Å²) in [6, 6.07) is 0.877. The molecule has 0 bridgehead atoms. The van der Waals surface area contributed by atoms with Gasteiger partial charge >= 0.3 is 0 Å². The molecule has 3 nitrogen and oxygen atoms in total. The van der Waals surface area contributed by atoms with E-state index in [0.717, 1.165) is 38.1 Å². The molecule has 0 aromatic rings. The quantitative estimate of drug-likeness (QED) is 0.687. The molecule has 82 valence electrons. The van der Waals surface area contributed by atoms with Crippen molar-refractivity contribution in [3.05, 3.63) is 0 Å². The molecule has 0 aromatic heterocycles. The first-order valence-corrected chi connectivity index (χ1v) is 5.92. The van der Waals surface area contributed by atoms with Crippen molar-refractivity contribution in [2.45, 2.75) is 31.7 Å². The first kappa shape index (κ1) is 10.4. The van der Waals surface area contributed by atoms with Gasteiger partial charge in [0.15, 0.2) is 0 Å². The summed E-state index contributed by atoms with van der Waals surface area (Å²) in [7, 11) is 0. The summed E-state index contributed by atoms with van der Waals surface area (Å²) in [5.74, 6) is 0.786. The maximum atomic E-state index is 5.55. The fourth-order valence-electron chi connectivity index (χ4n) is 2.22. The van der Waals surface area contributed by atoms with Crippen molar-refractivity contribution in [1.82, 2.24) is 4.90 Å². The maximum absolute atomic E-state index is 5.55. The average Bonchev–Trinajstić information content (AvgIpc) is 2.92. The second kappa shape index (κ2) is 5.10. The van der Waals surface area contributed by atoms with E-state index < -0.39 is 0 Å². The Hall–Kier alpha value is -0.120. The number of nitrogens with two attached hydrogens (primary N) is 1. The molecule has 1 heterocycles. The van der Waals surface area contributed by atoms with Gasteiger partial charge in [-0.1, -0.05) is 0 Å². The van der Waals surface area contributed by atoms with Gasteiger partial charge in [0.05, 0.1) is 6.61 Å². The fraction of sp³-hybridized carbons (Fsp3) is 1.00. The van der Waals surface area contributed by atoms with Crippen LogP contribution in [0.1, 0.15) is 25.7 Å². The number of rotatable bonds is 6. The van der Waals surface area contributed by atoms with Gasteiger partial charge in [-0.25, -0.2) is 0 Å². The standard InChI is InChI=1S/C11H22N2O/c12-5-1-6-13(11-2-3-11)8-10-4-7-14-9-10/h10-11H,1-9,12H2. The Morgan fingerprint density at radius 3 is 2.71 bits per heavy atom. The van der Waals surface area contributed by atoms with Crippen LogP contribution >= 0.6 is 0 Å². The van der Waals surface area contributed by atoms with E-state index in [0.29, 0.717) is 0 Å². The van der Waals surface area contributed by atoms with Crippen molar-refractivity contribution in [3.8, 4) is 0 Å². The highest BCUT2D eigenvalue weighted by Gasteiger charge is 2.30. The fourth-order valence-corrected chi connectivity index (χ4v) is 2.22. The third-order valence-electron chi connectivity index (χ3n) is 3.23. The van der Waals surface area contributed by atoms with Crippen LogP contribution in [-0.2, 0) is 4.74 Å². The molecule has 1 saturated heterocycles. The summed E-state index contributed by atoms with van der Waals surface area (Å²) in [5, 5.41) is 0. The Labute approximate surface area is 86.6 Å². The highest BCUT2D eigenvalue weighted by molar-refractivity contribution is 4.86. The molecule has 2 aliphatic rings. The van der Waals surface area contributed by atoms with Gasteiger partial charge in [0, 0.05) is 19.2 Å². The normalized spacial score (nSPS) is 27.4. The van der Waals surface area contributed by atoms with Gasteiger partial charge in [-0.2, -0.15) is 0 Å². The van der Waals surface area contributed by atoms with Gasteiger partial charge in [0.1, 0.15) is 0 Å². The van der Waals surface area contributed by atoms with Crippen molar-refractivity contribution in [2.24, 2.45) is 11.7 Å². The zero-order chi connectivity index (χ0) is 9.80. The van der Waals surface area contributed by atoms with E-state index in [1.807, 2.05) is 0 Å². The third-order valence-corrected chi connectivity index (χ3v) is 3.23. The summed E-state index contributed by atoms with van der Waals surface area (Å²) in [5.41, 5.74) is 5.55. The molecule has 1 unspecified atom stereocenters. The van der Waals surface area contributed by atoms with E-state index in [4.69, 9.17) is 10.5 Å². The molecule has 0 aromatic carbocycles. The number of hydrogen-bond acceptors (Lipinski definition) is 3. The molecule has 2 fully saturated rings. The smallest absolute Gasteiger partial charge is 0.0507 e. The molecule has 0 spiro atoms. The average molecular weight is 198 g/mol. The summed E-state index contributed by atoms with van der Waals surface area (Å²) in [6.45, 7) is 5.21. The maximum Gasteiger partial charge on any atom is 0.0507 e. The molecule has 1 aliphatic heterocycles. The van der Waals surface area contributed by atoms with Gasteiger partial charge in [0.25, 0.3) is 0 Å². The van der Waals surface area contributed by atoms with Crippen molar-refractivity contribution < 1.29 is 4.74 Å². The minimum atomic E-state index is 0.786. The van der Waals surface area contributed by atoms with Crippen LogP contribution in [0.4, 0.5) is 0 Å². The van der Waals surface area contributed by atoms with Crippen LogP contribution in [0.5, 0.6) is 0 Å². The molecule has 1 aliphatic carbocycles.